The van der Waals surface area contributed by atoms with Gasteiger partial charge in [-0.1, -0.05) is 12.5 Å². The van der Waals surface area contributed by atoms with E-state index in [2.05, 4.69) is 4.84 Å². The van der Waals surface area contributed by atoms with Crippen molar-refractivity contribution in [1.29, 1.82) is 0 Å². The third-order valence-electron chi connectivity index (χ3n) is 2.95. The average molecular weight is 225 g/mol. The Bertz CT molecular complexity index is 353. The minimum atomic E-state index is -0.353. The maximum atomic E-state index is 13.5. The van der Waals surface area contributed by atoms with Crippen LogP contribution in [-0.2, 0) is 11.4 Å². The minimum Gasteiger partial charge on any atom is -0.490 e. The first-order chi connectivity index (χ1) is 7.79. The van der Waals surface area contributed by atoms with E-state index in [4.69, 9.17) is 10.6 Å². The summed E-state index contributed by atoms with van der Waals surface area (Å²) in [6, 6.07) is 4.78. The van der Waals surface area contributed by atoms with Gasteiger partial charge in [-0.3, -0.25) is 4.84 Å². The predicted octanol–water partition coefficient (Wildman–Crippen LogP) is 2.39. The molecule has 0 aliphatic heterocycles. The van der Waals surface area contributed by atoms with Gasteiger partial charge in [-0.15, -0.1) is 0 Å². The fourth-order valence-electron chi connectivity index (χ4n) is 1.71. The Morgan fingerprint density at radius 3 is 2.75 bits per heavy atom. The highest BCUT2D eigenvalue weighted by atomic mass is 19.1. The van der Waals surface area contributed by atoms with Crippen LogP contribution < -0.4 is 10.6 Å². The van der Waals surface area contributed by atoms with Crippen LogP contribution in [0.1, 0.15) is 24.8 Å². The Morgan fingerprint density at radius 1 is 1.38 bits per heavy atom. The van der Waals surface area contributed by atoms with Crippen LogP contribution in [0, 0.1) is 11.7 Å². The van der Waals surface area contributed by atoms with Crippen molar-refractivity contribution in [1.82, 2.24) is 0 Å². The second-order valence-corrected chi connectivity index (χ2v) is 4.18. The molecule has 0 atom stereocenters. The summed E-state index contributed by atoms with van der Waals surface area (Å²) in [7, 11) is 0. The number of nitrogens with two attached hydrogens (primary N) is 1. The van der Waals surface area contributed by atoms with Gasteiger partial charge in [0.25, 0.3) is 0 Å². The molecule has 1 aliphatic carbocycles. The average Bonchev–Trinajstić information content (AvgIpc) is 2.19. The number of hydrogen-bond acceptors (Lipinski definition) is 3. The first-order valence-corrected chi connectivity index (χ1v) is 5.52. The highest BCUT2D eigenvalue weighted by Gasteiger charge is 2.18. The lowest BCUT2D eigenvalue weighted by Gasteiger charge is -2.25. The molecule has 1 aromatic rings. The van der Waals surface area contributed by atoms with Crippen molar-refractivity contribution in [3.63, 3.8) is 0 Å². The van der Waals surface area contributed by atoms with Gasteiger partial charge in [0.15, 0.2) is 11.6 Å². The molecule has 1 saturated carbocycles. The summed E-state index contributed by atoms with van der Waals surface area (Å²) >= 11 is 0. The van der Waals surface area contributed by atoms with Crippen molar-refractivity contribution in [3.8, 4) is 5.75 Å². The van der Waals surface area contributed by atoms with Crippen LogP contribution in [0.2, 0.25) is 0 Å². The lowest BCUT2D eigenvalue weighted by molar-refractivity contribution is 0.123. The molecule has 1 aliphatic rings. The molecule has 0 unspecified atom stereocenters. The van der Waals surface area contributed by atoms with Gasteiger partial charge in [0.2, 0.25) is 0 Å². The number of ether oxygens (including phenoxy) is 1. The largest absolute Gasteiger partial charge is 0.490 e. The molecule has 0 spiro atoms. The second kappa shape index (κ2) is 5.27. The third kappa shape index (κ3) is 2.71. The lowest BCUT2D eigenvalue weighted by Crippen LogP contribution is -2.19. The van der Waals surface area contributed by atoms with Crippen LogP contribution in [0.15, 0.2) is 18.2 Å². The zero-order valence-corrected chi connectivity index (χ0v) is 9.12. The topological polar surface area (TPSA) is 44.5 Å². The summed E-state index contributed by atoms with van der Waals surface area (Å²) in [5.41, 5.74) is 0.705. The first-order valence-electron chi connectivity index (χ1n) is 5.52. The smallest absolute Gasteiger partial charge is 0.165 e. The summed E-state index contributed by atoms with van der Waals surface area (Å²) in [5, 5.41) is 0. The van der Waals surface area contributed by atoms with Crippen LogP contribution in [-0.4, -0.2) is 6.61 Å². The molecule has 1 aromatic carbocycles. The monoisotopic (exact) mass is 225 g/mol. The fraction of sp³-hybridized carbons (Fsp3) is 0.500. The van der Waals surface area contributed by atoms with E-state index >= 15 is 0 Å². The van der Waals surface area contributed by atoms with E-state index in [1.165, 1.54) is 25.3 Å². The summed E-state index contributed by atoms with van der Waals surface area (Å²) in [6.07, 6.45) is 3.66. The molecule has 2 rings (SSSR count). The van der Waals surface area contributed by atoms with Crippen LogP contribution in [0.5, 0.6) is 5.75 Å². The number of halogens is 1. The summed E-state index contributed by atoms with van der Waals surface area (Å²) in [5.74, 6) is 5.48. The molecule has 0 heterocycles. The Hall–Kier alpha value is -1.13. The van der Waals surface area contributed by atoms with Crippen LogP contribution in [0.4, 0.5) is 4.39 Å². The standard InChI is InChI=1S/C12H16FNO2/c13-11-6-10(8-16-14)4-5-12(11)15-7-9-2-1-3-9/h4-6,9H,1-3,7-8,14H2. The zero-order valence-electron chi connectivity index (χ0n) is 9.12. The number of rotatable bonds is 5. The van der Waals surface area contributed by atoms with E-state index in [0.29, 0.717) is 23.8 Å². The molecular formula is C12H16FNO2. The van der Waals surface area contributed by atoms with Crippen LogP contribution >= 0.6 is 0 Å². The van der Waals surface area contributed by atoms with Crippen molar-refractivity contribution in [2.75, 3.05) is 6.61 Å². The highest BCUT2D eigenvalue weighted by Crippen LogP contribution is 2.28. The quantitative estimate of drug-likeness (QED) is 0.782. The molecule has 16 heavy (non-hydrogen) atoms. The molecule has 0 saturated heterocycles. The van der Waals surface area contributed by atoms with Crippen molar-refractivity contribution in [3.05, 3.63) is 29.6 Å². The van der Waals surface area contributed by atoms with Gasteiger partial charge in [-0.25, -0.2) is 10.3 Å². The number of hydrogen-bond donors (Lipinski definition) is 1. The SMILES string of the molecule is NOCc1ccc(OCC2CCC2)c(F)c1. The summed E-state index contributed by atoms with van der Waals surface area (Å²) in [6.45, 7) is 0.823. The van der Waals surface area contributed by atoms with Gasteiger partial charge in [0.05, 0.1) is 13.2 Å². The molecule has 2 N–H and O–H groups in total. The predicted molar refractivity (Wildman–Crippen MR) is 58.2 cm³/mol. The van der Waals surface area contributed by atoms with Gasteiger partial charge < -0.3 is 4.74 Å². The van der Waals surface area contributed by atoms with E-state index in [9.17, 15) is 4.39 Å². The minimum absolute atomic E-state index is 0.208. The van der Waals surface area contributed by atoms with E-state index in [1.807, 2.05) is 0 Å². The van der Waals surface area contributed by atoms with Crippen LogP contribution in [0.25, 0.3) is 0 Å². The Morgan fingerprint density at radius 2 is 2.19 bits per heavy atom. The first kappa shape index (κ1) is 11.4. The van der Waals surface area contributed by atoms with Gasteiger partial charge in [0.1, 0.15) is 0 Å². The second-order valence-electron chi connectivity index (χ2n) is 4.18. The third-order valence-corrected chi connectivity index (χ3v) is 2.95. The highest BCUT2D eigenvalue weighted by molar-refractivity contribution is 5.29. The zero-order chi connectivity index (χ0) is 11.4. The Labute approximate surface area is 94.3 Å². The van der Waals surface area contributed by atoms with E-state index in [1.54, 1.807) is 12.1 Å². The van der Waals surface area contributed by atoms with Crippen molar-refractivity contribution < 1.29 is 14.0 Å². The molecule has 4 heteroatoms. The molecule has 0 bridgehead atoms. The van der Waals surface area contributed by atoms with E-state index < -0.39 is 0 Å². The van der Waals surface area contributed by atoms with Crippen molar-refractivity contribution in [2.24, 2.45) is 11.8 Å². The maximum absolute atomic E-state index is 13.5. The lowest BCUT2D eigenvalue weighted by atomic mass is 9.86. The van der Waals surface area contributed by atoms with Crippen molar-refractivity contribution in [2.45, 2.75) is 25.9 Å². The molecule has 0 radical (unpaired) electrons. The van der Waals surface area contributed by atoms with E-state index in [-0.39, 0.29) is 12.4 Å². The molecule has 88 valence electrons. The van der Waals surface area contributed by atoms with Crippen LogP contribution in [0.3, 0.4) is 0 Å². The molecular weight excluding hydrogens is 209 g/mol. The molecule has 3 nitrogen and oxygen atoms in total. The maximum Gasteiger partial charge on any atom is 0.165 e. The van der Waals surface area contributed by atoms with E-state index in [0.717, 1.165) is 0 Å². The molecule has 0 amide bonds. The molecule has 1 fully saturated rings. The molecule has 0 aromatic heterocycles. The van der Waals surface area contributed by atoms with Gasteiger partial charge in [-0.2, -0.15) is 0 Å². The normalized spacial score (nSPS) is 15.9. The summed E-state index contributed by atoms with van der Waals surface area (Å²) in [4.78, 5) is 4.44. The number of benzene rings is 1. The Kier molecular flexibility index (Phi) is 3.74. The Balaban J connectivity index is 1.92. The fourth-order valence-corrected chi connectivity index (χ4v) is 1.71. The summed E-state index contributed by atoms with van der Waals surface area (Å²) < 4.78 is 19.0. The van der Waals surface area contributed by atoms with Gasteiger partial charge in [0, 0.05) is 0 Å². The van der Waals surface area contributed by atoms with Gasteiger partial charge in [-0.05, 0) is 36.5 Å². The van der Waals surface area contributed by atoms with Gasteiger partial charge >= 0.3 is 0 Å². The van der Waals surface area contributed by atoms with Crippen molar-refractivity contribution >= 4 is 0 Å².